The van der Waals surface area contributed by atoms with Crippen molar-refractivity contribution in [2.24, 2.45) is 5.92 Å². The number of carbonyl (C=O) groups is 2. The molecule has 3 rings (SSSR count). The number of halogens is 1. The second-order valence-electron chi connectivity index (χ2n) is 8.60. The van der Waals surface area contributed by atoms with Crippen molar-refractivity contribution in [2.45, 2.75) is 39.1 Å². The number of rotatable bonds is 16. The fourth-order valence-corrected chi connectivity index (χ4v) is 5.40. The molecule has 0 aromatic heterocycles. The monoisotopic (exact) mass is 558 g/mol. The Kier molecular flexibility index (Phi) is 12.5. The van der Waals surface area contributed by atoms with Crippen molar-refractivity contribution in [1.29, 1.82) is 0 Å². The minimum Gasteiger partial charge on any atom is -0.461 e. The zero-order valence-corrected chi connectivity index (χ0v) is 22.7. The first-order valence-electron chi connectivity index (χ1n) is 12.4. The smallest absolute Gasteiger partial charge is 0.331 e. The third-order valence-corrected chi connectivity index (χ3v) is 7.72. The molecule has 0 saturated carbocycles. The van der Waals surface area contributed by atoms with E-state index in [9.17, 15) is 14.2 Å². The van der Waals surface area contributed by atoms with Gasteiger partial charge in [-0.15, -0.1) is 0 Å². The molecule has 1 atom stereocenters. The van der Waals surface area contributed by atoms with Gasteiger partial charge in [-0.1, -0.05) is 103 Å². The van der Waals surface area contributed by atoms with E-state index in [-0.39, 0.29) is 51.3 Å². The molecule has 0 unspecified atom stereocenters. The van der Waals surface area contributed by atoms with Crippen LogP contribution in [0.5, 0.6) is 0 Å². The molecule has 0 amide bonds. The quantitative estimate of drug-likeness (QED) is 0.107. The second kappa shape index (κ2) is 16.1. The summed E-state index contributed by atoms with van der Waals surface area (Å²) in [4.78, 5) is 24.9. The predicted molar refractivity (Wildman–Crippen MR) is 145 cm³/mol. The van der Waals surface area contributed by atoms with Crippen LogP contribution in [-0.4, -0.2) is 24.2 Å². The van der Waals surface area contributed by atoms with Crippen molar-refractivity contribution >= 4 is 31.1 Å². The maximum atomic E-state index is 13.8. The van der Waals surface area contributed by atoms with Crippen molar-refractivity contribution in [3.05, 3.63) is 108 Å². The Morgan fingerprint density at radius 1 is 0.684 bits per heavy atom. The van der Waals surface area contributed by atoms with Crippen molar-refractivity contribution in [3.63, 3.8) is 0 Å². The number of carbonyl (C=O) groups excluding carboxylic acids is 2. The lowest BCUT2D eigenvalue weighted by Gasteiger charge is -2.22. The summed E-state index contributed by atoms with van der Waals surface area (Å²) in [5.74, 6) is -1.73. The van der Waals surface area contributed by atoms with Gasteiger partial charge >= 0.3 is 19.5 Å². The Hall–Kier alpha value is -2.96. The molecular formula is C29H32ClO7P. The van der Waals surface area contributed by atoms with Crippen molar-refractivity contribution in [1.82, 2.24) is 0 Å². The first-order valence-corrected chi connectivity index (χ1v) is 14.6. The average Bonchev–Trinajstić information content (AvgIpc) is 2.96. The second-order valence-corrected chi connectivity index (χ2v) is 11.0. The van der Waals surface area contributed by atoms with E-state index in [4.69, 9.17) is 30.1 Å². The first-order chi connectivity index (χ1) is 18.5. The van der Waals surface area contributed by atoms with E-state index >= 15 is 0 Å². The van der Waals surface area contributed by atoms with E-state index in [2.05, 4.69) is 0 Å². The van der Waals surface area contributed by atoms with Gasteiger partial charge in [0, 0.05) is 6.42 Å². The molecule has 0 fully saturated rings. The Morgan fingerprint density at radius 3 is 1.63 bits per heavy atom. The molecule has 9 heteroatoms. The molecule has 0 N–H and O–H groups in total. The SMILES string of the molecule is O=C(CC[C@@H](CCP(=O)(OCc1ccccc1)OCc1ccccc1)C(=O)OCc1ccccc1)OCCl. The minimum atomic E-state index is -3.63. The highest BCUT2D eigenvalue weighted by Gasteiger charge is 2.30. The predicted octanol–water partition coefficient (Wildman–Crippen LogP) is 6.88. The molecule has 0 radical (unpaired) electrons. The standard InChI is InChI=1S/C29H32ClO7P/c30-23-35-28(31)17-16-27(29(32)34-20-24-10-4-1-5-11-24)18-19-38(33,36-21-25-12-6-2-7-13-25)37-22-26-14-8-3-9-15-26/h1-15,27H,16-23H2/t27-/m0/s1. The highest BCUT2D eigenvalue weighted by atomic mass is 35.5. The molecule has 0 aliphatic heterocycles. The molecule has 38 heavy (non-hydrogen) atoms. The number of esters is 2. The van der Waals surface area contributed by atoms with E-state index in [1.165, 1.54) is 0 Å². The van der Waals surface area contributed by atoms with Gasteiger partial charge in [0.05, 0.1) is 25.3 Å². The average molecular weight is 559 g/mol. The van der Waals surface area contributed by atoms with E-state index in [1.807, 2.05) is 91.0 Å². The summed E-state index contributed by atoms with van der Waals surface area (Å²) in [5.41, 5.74) is 2.53. The molecular weight excluding hydrogens is 527 g/mol. The van der Waals surface area contributed by atoms with Crippen LogP contribution in [0.3, 0.4) is 0 Å². The number of benzene rings is 3. The summed E-state index contributed by atoms with van der Waals surface area (Å²) in [7, 11) is -3.63. The number of alkyl halides is 1. The summed E-state index contributed by atoms with van der Waals surface area (Å²) in [6.07, 6.45) is 0.240. The molecule has 0 aliphatic rings. The summed E-state index contributed by atoms with van der Waals surface area (Å²) < 4.78 is 35.8. The van der Waals surface area contributed by atoms with Gasteiger partial charge in [-0.3, -0.25) is 14.2 Å². The fraction of sp³-hybridized carbons (Fsp3) is 0.310. The van der Waals surface area contributed by atoms with Crippen LogP contribution in [0, 0.1) is 5.92 Å². The van der Waals surface area contributed by atoms with E-state index in [0.717, 1.165) is 16.7 Å². The van der Waals surface area contributed by atoms with Crippen LogP contribution in [0.25, 0.3) is 0 Å². The third-order valence-electron chi connectivity index (χ3n) is 5.76. The van der Waals surface area contributed by atoms with Gasteiger partial charge in [0.25, 0.3) is 0 Å². The lowest BCUT2D eigenvalue weighted by Crippen LogP contribution is -2.21. The van der Waals surface area contributed by atoms with Gasteiger partial charge in [-0.2, -0.15) is 0 Å². The maximum absolute atomic E-state index is 13.8. The topological polar surface area (TPSA) is 88.1 Å². The van der Waals surface area contributed by atoms with Crippen LogP contribution in [0.15, 0.2) is 91.0 Å². The summed E-state index contributed by atoms with van der Waals surface area (Å²) >= 11 is 5.48. The molecule has 0 aliphatic carbocycles. The van der Waals surface area contributed by atoms with E-state index in [1.54, 1.807) is 0 Å². The molecule has 0 saturated heterocycles. The first kappa shape index (κ1) is 29.6. The minimum absolute atomic E-state index is 0.0255. The van der Waals surface area contributed by atoms with Crippen LogP contribution in [0.4, 0.5) is 0 Å². The molecule has 202 valence electrons. The van der Waals surface area contributed by atoms with Crippen molar-refractivity contribution < 1.29 is 32.7 Å². The van der Waals surface area contributed by atoms with Gasteiger partial charge in [-0.05, 0) is 29.5 Å². The number of ether oxygens (including phenoxy) is 2. The summed E-state index contributed by atoms with van der Waals surface area (Å²) in [6, 6.07) is 27.7. The van der Waals surface area contributed by atoms with E-state index < -0.39 is 25.5 Å². The lowest BCUT2D eigenvalue weighted by atomic mass is 10.0. The number of hydrogen-bond donors (Lipinski definition) is 0. The van der Waals surface area contributed by atoms with Gasteiger partial charge < -0.3 is 18.5 Å². The van der Waals surface area contributed by atoms with Gasteiger partial charge in [0.1, 0.15) is 6.61 Å². The Bertz CT molecular complexity index is 1110. The molecule has 3 aromatic rings. The molecule has 7 nitrogen and oxygen atoms in total. The van der Waals surface area contributed by atoms with Gasteiger partial charge in [0.15, 0.2) is 6.07 Å². The highest BCUT2D eigenvalue weighted by Crippen LogP contribution is 2.51. The van der Waals surface area contributed by atoms with Gasteiger partial charge in [0.2, 0.25) is 0 Å². The summed E-state index contributed by atoms with van der Waals surface area (Å²) in [5, 5.41) is 0. The normalized spacial score (nSPS) is 12.0. The zero-order valence-electron chi connectivity index (χ0n) is 21.1. The summed E-state index contributed by atoms with van der Waals surface area (Å²) in [6.45, 7) is 0.283. The largest absolute Gasteiger partial charge is 0.461 e. The highest BCUT2D eigenvalue weighted by molar-refractivity contribution is 7.53. The Morgan fingerprint density at radius 2 is 1.16 bits per heavy atom. The van der Waals surface area contributed by atoms with Crippen LogP contribution >= 0.6 is 19.2 Å². The molecule has 0 bridgehead atoms. The van der Waals surface area contributed by atoms with Crippen LogP contribution < -0.4 is 0 Å². The van der Waals surface area contributed by atoms with E-state index in [0.29, 0.717) is 0 Å². The third kappa shape index (κ3) is 10.8. The van der Waals surface area contributed by atoms with Crippen molar-refractivity contribution in [2.75, 3.05) is 12.2 Å². The zero-order chi connectivity index (χ0) is 27.1. The van der Waals surface area contributed by atoms with Crippen LogP contribution in [0.1, 0.15) is 36.0 Å². The van der Waals surface area contributed by atoms with Crippen LogP contribution in [0.2, 0.25) is 0 Å². The Balaban J connectivity index is 1.68. The number of hydrogen-bond acceptors (Lipinski definition) is 7. The van der Waals surface area contributed by atoms with Crippen LogP contribution in [-0.2, 0) is 52.5 Å². The van der Waals surface area contributed by atoms with Gasteiger partial charge in [-0.25, -0.2) is 0 Å². The molecule has 3 aromatic carbocycles. The molecule has 0 spiro atoms. The Labute approximate surface area is 228 Å². The maximum Gasteiger partial charge on any atom is 0.331 e. The van der Waals surface area contributed by atoms with Crippen molar-refractivity contribution in [3.8, 4) is 0 Å². The lowest BCUT2D eigenvalue weighted by molar-refractivity contribution is -0.151. The fourth-order valence-electron chi connectivity index (χ4n) is 3.63. The molecule has 0 heterocycles.